The van der Waals surface area contributed by atoms with Crippen LogP contribution in [0.1, 0.15) is 26.7 Å². The Hall–Kier alpha value is 0.966. The number of hydrogen-bond donors (Lipinski definition) is 0. The second-order valence-electron chi connectivity index (χ2n) is 3.51. The van der Waals surface area contributed by atoms with Crippen molar-refractivity contribution in [3.8, 4) is 0 Å². The summed E-state index contributed by atoms with van der Waals surface area (Å²) in [5.74, 6) is 4.56. The van der Waals surface area contributed by atoms with Crippen LogP contribution < -0.4 is 0 Å². The molecule has 0 nitrogen and oxygen atoms in total. The maximum absolute atomic E-state index is 3.12. The molecule has 0 amide bonds. The summed E-state index contributed by atoms with van der Waals surface area (Å²) < 4.78 is 0. The Kier molecular flexibility index (Phi) is 30.8. The average molecular weight is 426 g/mol. The SMILES string of the molecule is CC1=[C-]CC=C1.CC1=[C-]CC=C1.Cl.Cl.[CH3][GeH][CH3].[Zr+2]. The van der Waals surface area contributed by atoms with E-state index in [1.54, 1.807) is 0 Å². The zero-order valence-electron chi connectivity index (χ0n) is 11.6. The van der Waals surface area contributed by atoms with Crippen molar-refractivity contribution >= 4 is 40.2 Å². The van der Waals surface area contributed by atoms with Gasteiger partial charge in [-0.3, -0.25) is 12.2 Å². The van der Waals surface area contributed by atoms with E-state index in [0.29, 0.717) is 15.4 Å². The second-order valence-corrected chi connectivity index (χ2v) is 5.93. The molecule has 0 bridgehead atoms. The molecule has 2 aliphatic carbocycles. The number of hydrogen-bond acceptors (Lipinski definition) is 0. The van der Waals surface area contributed by atoms with Gasteiger partial charge in [0.15, 0.2) is 0 Å². The van der Waals surface area contributed by atoms with Gasteiger partial charge in [0.2, 0.25) is 0 Å². The second kappa shape index (κ2) is 20.3. The Balaban J connectivity index is -0.0000000793. The van der Waals surface area contributed by atoms with Gasteiger partial charge in [0.25, 0.3) is 0 Å². The van der Waals surface area contributed by atoms with E-state index < -0.39 is 0 Å². The van der Waals surface area contributed by atoms with Crippen LogP contribution in [0.2, 0.25) is 11.5 Å². The number of halogens is 2. The molecule has 0 aromatic carbocycles. The van der Waals surface area contributed by atoms with Gasteiger partial charge in [-0.1, -0.05) is 13.8 Å². The van der Waals surface area contributed by atoms with Crippen molar-refractivity contribution in [2.75, 3.05) is 0 Å². The number of allylic oxidation sites excluding steroid dienone is 8. The van der Waals surface area contributed by atoms with Crippen LogP contribution in [0.3, 0.4) is 0 Å². The van der Waals surface area contributed by atoms with E-state index in [0.717, 1.165) is 12.8 Å². The molecule has 0 heterocycles. The van der Waals surface area contributed by atoms with Crippen LogP contribution in [0.25, 0.3) is 0 Å². The normalized spacial score (nSPS) is 13.3. The Morgan fingerprint density at radius 3 is 1.22 bits per heavy atom. The van der Waals surface area contributed by atoms with Crippen LogP contribution in [-0.2, 0) is 26.2 Å². The standard InChI is InChI=1S/2C6H7.C2H7Ge.2ClH.Zr/c2*1-6-4-2-3-5-6;1-3-2;;;/h2*2,4H,3H2,1H3;3H,1-2H3;2*1H;/q2*-1;;;;+2. The zero-order valence-corrected chi connectivity index (χ0v) is 18.1. The molecule has 0 N–H and O–H groups in total. The molecule has 0 fully saturated rings. The molecule has 0 unspecified atom stereocenters. The molecule has 4 heteroatoms. The van der Waals surface area contributed by atoms with Crippen molar-refractivity contribution in [3.05, 3.63) is 47.6 Å². The molecule has 0 saturated carbocycles. The molecule has 18 heavy (non-hydrogen) atoms. The van der Waals surface area contributed by atoms with E-state index >= 15 is 0 Å². The third kappa shape index (κ3) is 19.3. The predicted molar refractivity (Wildman–Crippen MR) is 85.7 cm³/mol. The molecular formula is C14H23Cl2GeZr. The molecule has 1 radical (unpaired) electrons. The van der Waals surface area contributed by atoms with Gasteiger partial charge in [0.1, 0.15) is 0 Å². The molecule has 0 aliphatic heterocycles. The molecule has 0 atom stereocenters. The fraction of sp³-hybridized carbons (Fsp3) is 0.429. The van der Waals surface area contributed by atoms with Crippen molar-refractivity contribution in [2.24, 2.45) is 0 Å². The quantitative estimate of drug-likeness (QED) is 0.388. The van der Waals surface area contributed by atoms with Crippen LogP contribution in [0.15, 0.2) is 35.5 Å². The Morgan fingerprint density at radius 1 is 0.889 bits per heavy atom. The molecule has 0 aromatic heterocycles. The van der Waals surface area contributed by atoms with Crippen LogP contribution in [0.5, 0.6) is 0 Å². The Bertz CT molecular complexity index is 248. The first-order valence-corrected chi connectivity index (χ1v) is 10.3. The largest absolute Gasteiger partial charge is 2.00 e. The first kappa shape index (κ1) is 27.3. The van der Waals surface area contributed by atoms with E-state index in [1.165, 1.54) is 11.1 Å². The fourth-order valence-corrected chi connectivity index (χ4v) is 1.03. The molecule has 0 aromatic rings. The first-order valence-electron chi connectivity index (χ1n) is 5.42. The number of rotatable bonds is 0. The van der Waals surface area contributed by atoms with Crippen molar-refractivity contribution < 1.29 is 26.2 Å². The van der Waals surface area contributed by atoms with Crippen LogP contribution in [0.4, 0.5) is 0 Å². The van der Waals surface area contributed by atoms with Crippen molar-refractivity contribution in [1.82, 2.24) is 0 Å². The maximum atomic E-state index is 3.12. The summed E-state index contributed by atoms with van der Waals surface area (Å²) in [6.07, 6.45) is 16.7. The third-order valence-corrected chi connectivity index (χ3v) is 1.73. The minimum Gasteiger partial charge on any atom is 2.00 e. The van der Waals surface area contributed by atoms with Crippen LogP contribution in [-0.4, -0.2) is 15.4 Å². The summed E-state index contributed by atoms with van der Waals surface area (Å²) >= 11 is 0.312. The average Bonchev–Trinajstić information content (AvgIpc) is 2.81. The summed E-state index contributed by atoms with van der Waals surface area (Å²) in [4.78, 5) is 0. The van der Waals surface area contributed by atoms with Gasteiger partial charge in [-0.25, -0.2) is 23.3 Å². The van der Waals surface area contributed by atoms with E-state index in [2.05, 4.69) is 61.8 Å². The molecule has 101 valence electrons. The molecular weight excluding hydrogens is 403 g/mol. The van der Waals surface area contributed by atoms with Gasteiger partial charge in [-0.15, -0.1) is 37.7 Å². The van der Waals surface area contributed by atoms with Crippen molar-refractivity contribution in [2.45, 2.75) is 38.2 Å². The summed E-state index contributed by atoms with van der Waals surface area (Å²) in [5.41, 5.74) is 2.55. The van der Waals surface area contributed by atoms with Crippen LogP contribution in [0, 0.1) is 12.2 Å². The molecule has 2 rings (SSSR count). The van der Waals surface area contributed by atoms with Gasteiger partial charge < -0.3 is 0 Å². The summed E-state index contributed by atoms with van der Waals surface area (Å²) in [6.45, 7) is 4.12. The minimum atomic E-state index is 0. The predicted octanol–water partition coefficient (Wildman–Crippen LogP) is 4.75. The van der Waals surface area contributed by atoms with Crippen molar-refractivity contribution in [3.63, 3.8) is 0 Å². The first-order chi connectivity index (χ1) is 7.20. The van der Waals surface area contributed by atoms with E-state index in [9.17, 15) is 0 Å². The van der Waals surface area contributed by atoms with Gasteiger partial charge in [-0.2, -0.15) is 12.2 Å². The van der Waals surface area contributed by atoms with E-state index in [-0.39, 0.29) is 51.0 Å². The minimum absolute atomic E-state index is 0. The molecule has 2 aliphatic rings. The zero-order chi connectivity index (χ0) is 11.5. The van der Waals surface area contributed by atoms with E-state index in [1.807, 2.05) is 0 Å². The monoisotopic (exact) mass is 425 g/mol. The summed E-state index contributed by atoms with van der Waals surface area (Å²) in [6, 6.07) is 0. The Morgan fingerprint density at radius 2 is 1.17 bits per heavy atom. The molecule has 0 saturated heterocycles. The van der Waals surface area contributed by atoms with Gasteiger partial charge >= 0.3 is 53.1 Å². The van der Waals surface area contributed by atoms with Gasteiger partial charge in [-0.05, 0) is 0 Å². The maximum Gasteiger partial charge on any atom is 2.00 e. The Labute approximate surface area is 151 Å². The third-order valence-electron chi connectivity index (χ3n) is 1.73. The topological polar surface area (TPSA) is 0 Å². The van der Waals surface area contributed by atoms with Gasteiger partial charge in [0, 0.05) is 0 Å². The fourth-order valence-electron chi connectivity index (χ4n) is 1.03. The van der Waals surface area contributed by atoms with Crippen molar-refractivity contribution in [1.29, 1.82) is 0 Å². The summed E-state index contributed by atoms with van der Waals surface area (Å²) in [7, 11) is 0. The van der Waals surface area contributed by atoms with Crippen LogP contribution >= 0.6 is 24.8 Å². The van der Waals surface area contributed by atoms with E-state index in [4.69, 9.17) is 0 Å². The van der Waals surface area contributed by atoms with Gasteiger partial charge in [0.05, 0.1) is 0 Å². The smallest absolute Gasteiger partial charge is 2.00 e. The summed E-state index contributed by atoms with van der Waals surface area (Å²) in [5, 5.41) is 0. The molecule has 0 spiro atoms.